The standard InChI is InChI=1S/C62H45N/c1-3-21-44(22-4-1)51-32-9-10-33-54(51)55-34-11-12-35-56(55)57-36-13-15-41-60(57)63(49-30-17-29-48(43-49)52-38-18-26-45-25-7-8-31-50(45)52)61-42-16-14-37-58(61)59-40-20-28-47-27-19-39-53(62(47)59)46-23-5-2-6-24-46/h1-12,14-35,37-43H,13,36H2. The van der Waals surface area contributed by atoms with Gasteiger partial charge in [-0.25, -0.2) is 0 Å². The van der Waals surface area contributed by atoms with Crippen LogP contribution >= 0.6 is 0 Å². The van der Waals surface area contributed by atoms with Crippen molar-refractivity contribution < 1.29 is 0 Å². The summed E-state index contributed by atoms with van der Waals surface area (Å²) < 4.78 is 0. The number of para-hydroxylation sites is 1. The molecule has 0 saturated carbocycles. The van der Waals surface area contributed by atoms with Gasteiger partial charge in [-0.2, -0.15) is 0 Å². The fourth-order valence-electron chi connectivity index (χ4n) is 9.72. The van der Waals surface area contributed by atoms with E-state index in [4.69, 9.17) is 0 Å². The third kappa shape index (κ3) is 7.14. The van der Waals surface area contributed by atoms with E-state index < -0.39 is 0 Å². The minimum absolute atomic E-state index is 0.907. The largest absolute Gasteiger partial charge is 0.310 e. The Labute approximate surface area is 370 Å². The normalized spacial score (nSPS) is 12.5. The van der Waals surface area contributed by atoms with E-state index in [2.05, 4.69) is 254 Å². The number of fused-ring (bicyclic) bond motifs is 2. The fraction of sp³-hybridized carbons (Fsp3) is 0.0323. The van der Waals surface area contributed by atoms with Crippen molar-refractivity contribution in [3.63, 3.8) is 0 Å². The van der Waals surface area contributed by atoms with E-state index in [9.17, 15) is 0 Å². The van der Waals surface area contributed by atoms with E-state index in [0.717, 1.165) is 24.2 Å². The topological polar surface area (TPSA) is 3.24 Å². The Morgan fingerprint density at radius 3 is 1.60 bits per heavy atom. The maximum Gasteiger partial charge on any atom is 0.0540 e. The van der Waals surface area contributed by atoms with Crippen molar-refractivity contribution in [2.24, 2.45) is 0 Å². The molecule has 0 fully saturated rings. The lowest BCUT2D eigenvalue weighted by molar-refractivity contribution is 1.02. The second kappa shape index (κ2) is 16.8. The molecule has 0 radical (unpaired) electrons. The van der Waals surface area contributed by atoms with E-state index in [1.165, 1.54) is 94.0 Å². The number of anilines is 2. The maximum atomic E-state index is 2.54. The minimum Gasteiger partial charge on any atom is -0.310 e. The number of nitrogens with zero attached hydrogens (tertiary/aromatic N) is 1. The molecule has 11 rings (SSSR count). The predicted molar refractivity (Wildman–Crippen MR) is 269 cm³/mol. The van der Waals surface area contributed by atoms with Crippen molar-refractivity contribution in [1.29, 1.82) is 0 Å². The van der Waals surface area contributed by atoms with Gasteiger partial charge in [0.25, 0.3) is 0 Å². The molecule has 298 valence electrons. The highest BCUT2D eigenvalue weighted by Crippen LogP contribution is 2.48. The zero-order valence-electron chi connectivity index (χ0n) is 35.0. The molecule has 1 heteroatoms. The Hall–Kier alpha value is -8.00. The lowest BCUT2D eigenvalue weighted by atomic mass is 9.85. The SMILES string of the molecule is C1=CC(N(c2cccc(-c3cccc4ccccc34)c2)c2ccccc2-c2cccc3cccc(-c4ccccc4)c23)=C(c2ccccc2-c2ccccc2-c2ccccc2)CC1. The lowest BCUT2D eigenvalue weighted by Gasteiger charge is -2.33. The van der Waals surface area contributed by atoms with Crippen LogP contribution in [-0.2, 0) is 0 Å². The first-order chi connectivity index (χ1) is 31.3. The zero-order valence-corrected chi connectivity index (χ0v) is 35.0. The minimum atomic E-state index is 0.907. The highest BCUT2D eigenvalue weighted by molar-refractivity contribution is 6.09. The van der Waals surface area contributed by atoms with Gasteiger partial charge in [-0.05, 0) is 120 Å². The van der Waals surface area contributed by atoms with Crippen LogP contribution < -0.4 is 4.90 Å². The quantitative estimate of drug-likeness (QED) is 0.140. The van der Waals surface area contributed by atoms with Crippen LogP contribution in [0.15, 0.2) is 254 Å². The first-order valence-corrected chi connectivity index (χ1v) is 22.0. The molecule has 10 aromatic carbocycles. The highest BCUT2D eigenvalue weighted by Gasteiger charge is 2.26. The van der Waals surface area contributed by atoms with Crippen molar-refractivity contribution in [3.8, 4) is 55.6 Å². The number of allylic oxidation sites excluding steroid dienone is 3. The lowest BCUT2D eigenvalue weighted by Crippen LogP contribution is -2.19. The Bertz CT molecular complexity index is 3330. The van der Waals surface area contributed by atoms with Gasteiger partial charge in [0, 0.05) is 16.9 Å². The second-order valence-corrected chi connectivity index (χ2v) is 16.3. The summed E-state index contributed by atoms with van der Waals surface area (Å²) >= 11 is 0. The third-order valence-electron chi connectivity index (χ3n) is 12.6. The smallest absolute Gasteiger partial charge is 0.0540 e. The first kappa shape index (κ1) is 38.0. The van der Waals surface area contributed by atoms with Gasteiger partial charge in [-0.3, -0.25) is 0 Å². The molecule has 0 unspecified atom stereocenters. The molecule has 0 saturated heterocycles. The molecule has 0 N–H and O–H groups in total. The van der Waals surface area contributed by atoms with Crippen LogP contribution in [0.5, 0.6) is 0 Å². The summed E-state index contributed by atoms with van der Waals surface area (Å²) in [5.74, 6) is 0. The molecule has 0 bridgehead atoms. The van der Waals surface area contributed by atoms with E-state index in [1.807, 2.05) is 0 Å². The third-order valence-corrected chi connectivity index (χ3v) is 12.6. The number of rotatable bonds is 9. The van der Waals surface area contributed by atoms with E-state index in [0.29, 0.717) is 0 Å². The van der Waals surface area contributed by atoms with Gasteiger partial charge in [0.05, 0.1) is 5.69 Å². The summed E-state index contributed by atoms with van der Waals surface area (Å²) in [5.41, 5.74) is 18.1. The molecule has 1 aliphatic carbocycles. The Morgan fingerprint density at radius 2 is 0.841 bits per heavy atom. The van der Waals surface area contributed by atoms with Crippen molar-refractivity contribution in [1.82, 2.24) is 0 Å². The van der Waals surface area contributed by atoms with Gasteiger partial charge < -0.3 is 4.90 Å². The first-order valence-electron chi connectivity index (χ1n) is 22.0. The number of hydrogen-bond acceptors (Lipinski definition) is 1. The summed E-state index contributed by atoms with van der Waals surface area (Å²) in [6, 6.07) is 86.4. The Morgan fingerprint density at radius 1 is 0.333 bits per heavy atom. The Kier molecular flexibility index (Phi) is 10.1. The molecule has 0 heterocycles. The molecule has 0 spiro atoms. The monoisotopic (exact) mass is 803 g/mol. The van der Waals surface area contributed by atoms with Crippen molar-refractivity contribution in [3.05, 3.63) is 260 Å². The van der Waals surface area contributed by atoms with E-state index in [1.54, 1.807) is 0 Å². The van der Waals surface area contributed by atoms with Crippen molar-refractivity contribution in [2.45, 2.75) is 12.8 Å². The summed E-state index contributed by atoms with van der Waals surface area (Å²) in [4.78, 5) is 2.54. The molecule has 1 aliphatic rings. The number of hydrogen-bond donors (Lipinski definition) is 0. The van der Waals surface area contributed by atoms with E-state index >= 15 is 0 Å². The van der Waals surface area contributed by atoms with Crippen molar-refractivity contribution in [2.75, 3.05) is 4.90 Å². The molecular weight excluding hydrogens is 759 g/mol. The van der Waals surface area contributed by atoms with Gasteiger partial charge in [0.1, 0.15) is 0 Å². The van der Waals surface area contributed by atoms with Crippen LogP contribution in [0.2, 0.25) is 0 Å². The summed E-state index contributed by atoms with van der Waals surface area (Å²) in [7, 11) is 0. The number of benzene rings is 10. The van der Waals surface area contributed by atoms with Gasteiger partial charge in [-0.1, -0.05) is 224 Å². The van der Waals surface area contributed by atoms with Crippen molar-refractivity contribution >= 4 is 38.5 Å². The fourth-order valence-corrected chi connectivity index (χ4v) is 9.72. The molecule has 0 amide bonds. The van der Waals surface area contributed by atoms with E-state index in [-0.39, 0.29) is 0 Å². The summed E-state index contributed by atoms with van der Waals surface area (Å²) in [6.45, 7) is 0. The van der Waals surface area contributed by atoms with Gasteiger partial charge in [0.2, 0.25) is 0 Å². The van der Waals surface area contributed by atoms with Crippen LogP contribution in [0.25, 0.3) is 82.8 Å². The molecule has 0 aliphatic heterocycles. The van der Waals surface area contributed by atoms with Crippen LogP contribution in [0.3, 0.4) is 0 Å². The van der Waals surface area contributed by atoms with Gasteiger partial charge in [-0.15, -0.1) is 0 Å². The molecule has 63 heavy (non-hydrogen) atoms. The van der Waals surface area contributed by atoms with Crippen LogP contribution in [0.1, 0.15) is 18.4 Å². The van der Waals surface area contributed by atoms with Gasteiger partial charge in [0.15, 0.2) is 0 Å². The second-order valence-electron chi connectivity index (χ2n) is 16.3. The Balaban J connectivity index is 1.18. The van der Waals surface area contributed by atoms with Gasteiger partial charge >= 0.3 is 0 Å². The highest BCUT2D eigenvalue weighted by atomic mass is 15.2. The summed E-state index contributed by atoms with van der Waals surface area (Å²) in [6.07, 6.45) is 6.60. The molecule has 0 aromatic heterocycles. The van der Waals surface area contributed by atoms with Crippen LogP contribution in [0, 0.1) is 0 Å². The molecular formula is C62H45N. The van der Waals surface area contributed by atoms with Crippen LogP contribution in [0.4, 0.5) is 11.4 Å². The van der Waals surface area contributed by atoms with Crippen LogP contribution in [-0.4, -0.2) is 0 Å². The average molecular weight is 804 g/mol. The molecule has 0 atom stereocenters. The molecule has 10 aromatic rings. The molecule has 1 nitrogen and oxygen atoms in total. The predicted octanol–water partition coefficient (Wildman–Crippen LogP) is 17.2. The average Bonchev–Trinajstić information content (AvgIpc) is 3.37. The zero-order chi connectivity index (χ0) is 42.0. The maximum absolute atomic E-state index is 2.54. The summed E-state index contributed by atoms with van der Waals surface area (Å²) in [5, 5.41) is 4.95.